The number of hydrogen-bond acceptors (Lipinski definition) is 8. The smallest absolute Gasteiger partial charge is 0.254 e. The molecule has 0 bridgehead atoms. The average molecular weight is 490 g/mol. The third-order valence-corrected chi connectivity index (χ3v) is 6.12. The van der Waals surface area contributed by atoms with Crippen molar-refractivity contribution in [1.82, 2.24) is 30.2 Å². The summed E-state index contributed by atoms with van der Waals surface area (Å²) < 4.78 is 19.8. The Morgan fingerprint density at radius 3 is 2.56 bits per heavy atom. The number of pyridine rings is 1. The Kier molecular flexibility index (Phi) is 7.16. The van der Waals surface area contributed by atoms with Gasteiger partial charge >= 0.3 is 0 Å². The number of hydrogen-bond donors (Lipinski definition) is 2. The molecule has 4 aromatic rings. The van der Waals surface area contributed by atoms with Gasteiger partial charge in [0.1, 0.15) is 17.7 Å². The fourth-order valence-electron chi connectivity index (χ4n) is 3.82. The van der Waals surface area contributed by atoms with Crippen LogP contribution in [0.3, 0.4) is 0 Å². The molecule has 4 rings (SSSR count). The molecule has 0 unspecified atom stereocenters. The molecule has 1 amide bonds. The van der Waals surface area contributed by atoms with E-state index in [0.29, 0.717) is 34.8 Å². The molecule has 3 aromatic heterocycles. The van der Waals surface area contributed by atoms with E-state index in [1.807, 2.05) is 32.9 Å². The topological polar surface area (TPSA) is 115 Å². The molecule has 10 heteroatoms. The Bertz CT molecular complexity index is 1390. The fourth-order valence-corrected chi connectivity index (χ4v) is 3.82. The molecule has 0 aliphatic heterocycles. The molecule has 1 atom stereocenters. The fraction of sp³-hybridized carbons (Fsp3) is 0.308. The molecule has 0 spiro atoms. The Morgan fingerprint density at radius 2 is 1.86 bits per heavy atom. The quantitative estimate of drug-likeness (QED) is 0.381. The monoisotopic (exact) mass is 489 g/mol. The number of methoxy groups -OCH3 is 1. The molecule has 0 saturated carbocycles. The second-order valence-corrected chi connectivity index (χ2v) is 8.88. The molecule has 1 aromatic carbocycles. The van der Waals surface area contributed by atoms with Crippen molar-refractivity contribution >= 4 is 22.6 Å². The van der Waals surface area contributed by atoms with Crippen LogP contribution in [0.15, 0.2) is 49.2 Å². The van der Waals surface area contributed by atoms with Crippen LogP contribution in [-0.4, -0.2) is 51.5 Å². The zero-order valence-electron chi connectivity index (χ0n) is 20.8. The summed E-state index contributed by atoms with van der Waals surface area (Å²) in [5, 5.41) is 6.30. The number of halogens is 1. The number of ether oxygens (including phenoxy) is 1. The van der Waals surface area contributed by atoms with Crippen LogP contribution in [0.5, 0.6) is 0 Å². The average Bonchev–Trinajstić information content (AvgIpc) is 2.91. The van der Waals surface area contributed by atoms with E-state index in [0.717, 1.165) is 17.3 Å². The van der Waals surface area contributed by atoms with Crippen molar-refractivity contribution in [2.24, 2.45) is 0 Å². The number of carbonyl (C=O) groups excluding carboxylic acids is 1. The largest absolute Gasteiger partial charge is 0.371 e. The normalized spacial score (nSPS) is 12.4. The molecule has 9 nitrogen and oxygen atoms in total. The zero-order valence-corrected chi connectivity index (χ0v) is 20.8. The number of anilines is 1. The highest BCUT2D eigenvalue weighted by molar-refractivity contribution is 6.06. The SMILES string of the molecule is CNC(=O)c1c(F)cnc2c([C@H](C)CNc3cc(-c4cnc(C(C)(C)OC)nc4)ncn3)cccc12. The van der Waals surface area contributed by atoms with E-state index in [-0.39, 0.29) is 11.5 Å². The van der Waals surface area contributed by atoms with Gasteiger partial charge in [-0.3, -0.25) is 9.78 Å². The summed E-state index contributed by atoms with van der Waals surface area (Å²) in [6.45, 7) is 6.36. The van der Waals surface area contributed by atoms with Crippen LogP contribution >= 0.6 is 0 Å². The number of aromatic nitrogens is 5. The van der Waals surface area contributed by atoms with Crippen molar-refractivity contribution in [1.29, 1.82) is 0 Å². The van der Waals surface area contributed by atoms with Crippen molar-refractivity contribution in [2.45, 2.75) is 32.3 Å². The molecule has 0 fully saturated rings. The predicted molar refractivity (Wildman–Crippen MR) is 135 cm³/mol. The minimum Gasteiger partial charge on any atom is -0.371 e. The van der Waals surface area contributed by atoms with Crippen LogP contribution in [0.1, 0.15) is 48.4 Å². The number of nitrogens with zero attached hydrogens (tertiary/aromatic N) is 5. The van der Waals surface area contributed by atoms with Crippen molar-refractivity contribution in [3.63, 3.8) is 0 Å². The third-order valence-electron chi connectivity index (χ3n) is 6.12. The van der Waals surface area contributed by atoms with Crippen molar-refractivity contribution in [3.05, 3.63) is 72.0 Å². The van der Waals surface area contributed by atoms with E-state index < -0.39 is 17.3 Å². The zero-order chi connectivity index (χ0) is 25.9. The molecular weight excluding hydrogens is 461 g/mol. The highest BCUT2D eigenvalue weighted by Gasteiger charge is 2.23. The lowest BCUT2D eigenvalue weighted by molar-refractivity contribution is 0.0115. The minimum absolute atomic E-state index is 0.00734. The summed E-state index contributed by atoms with van der Waals surface area (Å²) in [6, 6.07) is 7.27. The summed E-state index contributed by atoms with van der Waals surface area (Å²) >= 11 is 0. The summed E-state index contributed by atoms with van der Waals surface area (Å²) in [5.41, 5.74) is 2.32. The standard InChI is InChI=1S/C26H28FN7O2/c1-15(17-7-6-8-18-22(24(35)28-4)19(27)13-30-23(17)18)10-29-21-9-20(33-14-34-21)16-11-31-25(32-12-16)26(2,3)36-5/h6-9,11-15H,10H2,1-5H3,(H,28,35)(H,29,33,34)/t15-/m1/s1. The maximum Gasteiger partial charge on any atom is 0.254 e. The molecular formula is C26H28FN7O2. The van der Waals surface area contributed by atoms with Gasteiger partial charge in [0, 0.05) is 56.0 Å². The first-order valence-electron chi connectivity index (χ1n) is 11.5. The summed E-state index contributed by atoms with van der Waals surface area (Å²) in [4.78, 5) is 34.1. The Hall–Kier alpha value is -4.05. The van der Waals surface area contributed by atoms with Gasteiger partial charge in [-0.15, -0.1) is 0 Å². The lowest BCUT2D eigenvalue weighted by atomic mass is 9.96. The number of nitrogens with one attached hydrogen (secondary N) is 2. The molecule has 3 heterocycles. The summed E-state index contributed by atoms with van der Waals surface area (Å²) in [5.74, 6) is 0.0679. The molecule has 2 N–H and O–H groups in total. The molecule has 36 heavy (non-hydrogen) atoms. The third kappa shape index (κ3) is 4.99. The van der Waals surface area contributed by atoms with Gasteiger partial charge in [0.25, 0.3) is 5.91 Å². The van der Waals surface area contributed by atoms with E-state index in [4.69, 9.17) is 4.74 Å². The van der Waals surface area contributed by atoms with Gasteiger partial charge < -0.3 is 15.4 Å². The Labute approximate surface area is 208 Å². The van der Waals surface area contributed by atoms with Crippen molar-refractivity contribution in [2.75, 3.05) is 26.0 Å². The van der Waals surface area contributed by atoms with E-state index in [1.54, 1.807) is 31.6 Å². The first kappa shape index (κ1) is 25.1. The Balaban J connectivity index is 1.54. The first-order valence-corrected chi connectivity index (χ1v) is 11.5. The molecule has 0 aliphatic rings. The van der Waals surface area contributed by atoms with E-state index in [1.165, 1.54) is 13.4 Å². The number of carbonyl (C=O) groups is 1. The van der Waals surface area contributed by atoms with Gasteiger partial charge in [-0.2, -0.15) is 0 Å². The van der Waals surface area contributed by atoms with Gasteiger partial charge in [-0.1, -0.05) is 25.1 Å². The van der Waals surface area contributed by atoms with Crippen LogP contribution in [0.4, 0.5) is 10.2 Å². The van der Waals surface area contributed by atoms with Crippen LogP contribution < -0.4 is 10.6 Å². The van der Waals surface area contributed by atoms with Crippen molar-refractivity contribution < 1.29 is 13.9 Å². The lowest BCUT2D eigenvalue weighted by Gasteiger charge is -2.20. The molecule has 0 radical (unpaired) electrons. The second kappa shape index (κ2) is 10.3. The van der Waals surface area contributed by atoms with Crippen LogP contribution in [-0.2, 0) is 10.3 Å². The van der Waals surface area contributed by atoms with E-state index in [9.17, 15) is 9.18 Å². The number of rotatable bonds is 8. The van der Waals surface area contributed by atoms with Gasteiger partial charge in [-0.25, -0.2) is 24.3 Å². The van der Waals surface area contributed by atoms with Crippen LogP contribution in [0.25, 0.3) is 22.2 Å². The van der Waals surface area contributed by atoms with Crippen molar-refractivity contribution in [3.8, 4) is 11.3 Å². The number of benzene rings is 1. The highest BCUT2D eigenvalue weighted by Crippen LogP contribution is 2.28. The molecule has 0 aliphatic carbocycles. The van der Waals surface area contributed by atoms with Crippen LogP contribution in [0.2, 0.25) is 0 Å². The van der Waals surface area contributed by atoms with E-state index in [2.05, 4.69) is 35.6 Å². The predicted octanol–water partition coefficient (Wildman–Crippen LogP) is 4.08. The minimum atomic E-state index is -0.652. The maximum atomic E-state index is 14.4. The summed E-state index contributed by atoms with van der Waals surface area (Å²) in [6.07, 6.45) is 5.99. The number of fused-ring (bicyclic) bond motifs is 1. The number of para-hydroxylation sites is 1. The Morgan fingerprint density at radius 1 is 1.11 bits per heavy atom. The maximum absolute atomic E-state index is 14.4. The molecule has 186 valence electrons. The number of amides is 1. The molecule has 0 saturated heterocycles. The lowest BCUT2D eigenvalue weighted by Crippen LogP contribution is -2.22. The first-order chi connectivity index (χ1) is 17.2. The second-order valence-electron chi connectivity index (χ2n) is 8.88. The van der Waals surface area contributed by atoms with Crippen LogP contribution in [0, 0.1) is 5.82 Å². The highest BCUT2D eigenvalue weighted by atomic mass is 19.1. The van der Waals surface area contributed by atoms with Gasteiger partial charge in [-0.05, 0) is 19.4 Å². The van der Waals surface area contributed by atoms with Gasteiger partial charge in [0.05, 0.1) is 23.0 Å². The van der Waals surface area contributed by atoms with Gasteiger partial charge in [0.15, 0.2) is 11.6 Å². The van der Waals surface area contributed by atoms with Gasteiger partial charge in [0.2, 0.25) is 0 Å². The van der Waals surface area contributed by atoms with E-state index >= 15 is 0 Å². The summed E-state index contributed by atoms with van der Waals surface area (Å²) in [7, 11) is 3.09.